The minimum Gasteiger partial charge on any atom is -0.329 e. The number of nitrogens with one attached hydrogen (secondary N) is 2. The summed E-state index contributed by atoms with van der Waals surface area (Å²) in [7, 11) is 1.49. The molecule has 1 aliphatic heterocycles. The number of nitrogens with zero attached hydrogens (tertiary/aromatic N) is 3. The van der Waals surface area contributed by atoms with Crippen molar-refractivity contribution in [2.24, 2.45) is 7.05 Å². The number of hydrogen-bond acceptors (Lipinski definition) is 5. The number of piperazine rings is 1. The second-order valence-electron chi connectivity index (χ2n) is 6.69. The van der Waals surface area contributed by atoms with E-state index in [-0.39, 0.29) is 34.4 Å². The van der Waals surface area contributed by atoms with Gasteiger partial charge in [-0.3, -0.25) is 19.1 Å². The van der Waals surface area contributed by atoms with Gasteiger partial charge in [-0.05, 0) is 23.8 Å². The molecule has 1 aliphatic rings. The molecule has 28 heavy (non-hydrogen) atoms. The molecule has 0 saturated carbocycles. The van der Waals surface area contributed by atoms with Crippen LogP contribution in [0.4, 0.5) is 4.39 Å². The standard InChI is InChI=1S/C19H18FN5O3/c1-24-16-14(17(26)23-19(24)28)8-12(9-22-16)18(27)25-6-5-21-10-15(25)11-3-2-4-13(20)7-11/h2-4,7-9,15,21H,5-6,10H2,1H3,(H,23,26,28). The number of aryl methyl sites for hydroxylation is 1. The van der Waals surface area contributed by atoms with E-state index in [1.54, 1.807) is 17.0 Å². The van der Waals surface area contributed by atoms with Crippen molar-refractivity contribution in [3.63, 3.8) is 0 Å². The van der Waals surface area contributed by atoms with E-state index >= 15 is 0 Å². The minimum absolute atomic E-state index is 0.158. The summed E-state index contributed by atoms with van der Waals surface area (Å²) >= 11 is 0. The first-order valence-corrected chi connectivity index (χ1v) is 8.82. The Morgan fingerprint density at radius 3 is 2.89 bits per heavy atom. The third-order valence-electron chi connectivity index (χ3n) is 4.94. The third kappa shape index (κ3) is 3.09. The summed E-state index contributed by atoms with van der Waals surface area (Å²) in [6.45, 7) is 1.53. The zero-order chi connectivity index (χ0) is 19.8. The summed E-state index contributed by atoms with van der Waals surface area (Å²) in [6.07, 6.45) is 1.36. The molecule has 144 valence electrons. The highest BCUT2D eigenvalue weighted by atomic mass is 19.1. The van der Waals surface area contributed by atoms with Crippen LogP contribution in [0.1, 0.15) is 22.0 Å². The molecule has 1 fully saturated rings. The first-order valence-electron chi connectivity index (χ1n) is 8.82. The molecule has 9 heteroatoms. The Bertz CT molecular complexity index is 1190. The van der Waals surface area contributed by atoms with Crippen molar-refractivity contribution in [1.82, 2.24) is 24.8 Å². The third-order valence-corrected chi connectivity index (χ3v) is 4.94. The van der Waals surface area contributed by atoms with Gasteiger partial charge in [0.25, 0.3) is 11.5 Å². The van der Waals surface area contributed by atoms with E-state index in [2.05, 4.69) is 15.3 Å². The summed E-state index contributed by atoms with van der Waals surface area (Å²) in [4.78, 5) is 45.0. The molecule has 3 aromatic rings. The first kappa shape index (κ1) is 18.1. The van der Waals surface area contributed by atoms with Gasteiger partial charge < -0.3 is 10.2 Å². The van der Waals surface area contributed by atoms with Gasteiger partial charge in [0, 0.05) is 32.9 Å². The summed E-state index contributed by atoms with van der Waals surface area (Å²) in [5, 5.41) is 3.37. The van der Waals surface area contributed by atoms with Crippen molar-refractivity contribution in [3.05, 3.63) is 74.3 Å². The predicted octanol–water partition coefficient (Wildman–Crippen LogP) is 0.548. The van der Waals surface area contributed by atoms with Crippen molar-refractivity contribution in [2.75, 3.05) is 19.6 Å². The Kier molecular flexibility index (Phi) is 4.52. The van der Waals surface area contributed by atoms with Gasteiger partial charge in [-0.2, -0.15) is 0 Å². The molecular formula is C19H18FN5O3. The summed E-state index contributed by atoms with van der Waals surface area (Å²) in [5.41, 5.74) is -0.0404. The zero-order valence-corrected chi connectivity index (χ0v) is 15.1. The van der Waals surface area contributed by atoms with Gasteiger partial charge in [0.05, 0.1) is 17.0 Å². The van der Waals surface area contributed by atoms with Gasteiger partial charge >= 0.3 is 5.69 Å². The zero-order valence-electron chi connectivity index (χ0n) is 15.1. The van der Waals surface area contributed by atoms with Gasteiger partial charge in [0.15, 0.2) is 0 Å². The molecule has 0 bridgehead atoms. The lowest BCUT2D eigenvalue weighted by molar-refractivity contribution is 0.0633. The number of carbonyl (C=O) groups excluding carboxylic acids is 1. The number of halogens is 1. The Hall–Kier alpha value is -3.33. The maximum Gasteiger partial charge on any atom is 0.329 e. The van der Waals surface area contributed by atoms with Crippen molar-refractivity contribution < 1.29 is 9.18 Å². The van der Waals surface area contributed by atoms with Crippen LogP contribution in [-0.2, 0) is 7.05 Å². The summed E-state index contributed by atoms with van der Waals surface area (Å²) in [5.74, 6) is -0.672. The van der Waals surface area contributed by atoms with Crippen molar-refractivity contribution in [1.29, 1.82) is 0 Å². The molecule has 0 radical (unpaired) electrons. The number of rotatable bonds is 2. The highest BCUT2D eigenvalue weighted by Gasteiger charge is 2.29. The number of amides is 1. The van der Waals surface area contributed by atoms with Crippen molar-refractivity contribution in [3.8, 4) is 0 Å². The molecule has 8 nitrogen and oxygen atoms in total. The monoisotopic (exact) mass is 383 g/mol. The van der Waals surface area contributed by atoms with Crippen LogP contribution in [0.25, 0.3) is 11.0 Å². The molecule has 0 spiro atoms. The van der Waals surface area contributed by atoms with E-state index in [1.807, 2.05) is 0 Å². The molecule has 1 unspecified atom stereocenters. The second-order valence-corrected chi connectivity index (χ2v) is 6.69. The number of pyridine rings is 1. The van der Waals surface area contributed by atoms with E-state index < -0.39 is 11.2 Å². The Labute approximate surface area is 158 Å². The summed E-state index contributed by atoms with van der Waals surface area (Å²) < 4.78 is 14.9. The molecule has 1 atom stereocenters. The lowest BCUT2D eigenvalue weighted by atomic mass is 10.0. The van der Waals surface area contributed by atoms with Crippen LogP contribution in [0.15, 0.2) is 46.1 Å². The van der Waals surface area contributed by atoms with Crippen LogP contribution in [0.2, 0.25) is 0 Å². The number of carbonyl (C=O) groups is 1. The van der Waals surface area contributed by atoms with Crippen molar-refractivity contribution >= 4 is 16.9 Å². The van der Waals surface area contributed by atoms with Crippen LogP contribution in [-0.4, -0.2) is 45.0 Å². The van der Waals surface area contributed by atoms with Crippen LogP contribution in [0, 0.1) is 5.82 Å². The van der Waals surface area contributed by atoms with Crippen LogP contribution in [0.5, 0.6) is 0 Å². The van der Waals surface area contributed by atoms with Gasteiger partial charge in [-0.1, -0.05) is 12.1 Å². The second kappa shape index (κ2) is 7.01. The number of aromatic amines is 1. The highest BCUT2D eigenvalue weighted by molar-refractivity contribution is 5.97. The van der Waals surface area contributed by atoms with E-state index in [1.165, 1.54) is 36.0 Å². The fourth-order valence-corrected chi connectivity index (χ4v) is 3.48. The number of benzene rings is 1. The molecule has 2 aromatic heterocycles. The summed E-state index contributed by atoms with van der Waals surface area (Å²) in [6, 6.07) is 7.26. The highest BCUT2D eigenvalue weighted by Crippen LogP contribution is 2.25. The molecule has 2 N–H and O–H groups in total. The molecule has 1 amide bonds. The Morgan fingerprint density at radius 2 is 2.11 bits per heavy atom. The first-order chi connectivity index (χ1) is 13.5. The van der Waals surface area contributed by atoms with Crippen LogP contribution >= 0.6 is 0 Å². The number of H-pyrrole nitrogens is 1. The number of fused-ring (bicyclic) bond motifs is 1. The Balaban J connectivity index is 1.75. The van der Waals surface area contributed by atoms with E-state index in [0.717, 1.165) is 0 Å². The van der Waals surface area contributed by atoms with Crippen LogP contribution in [0.3, 0.4) is 0 Å². The topological polar surface area (TPSA) is 100 Å². The number of hydrogen-bond donors (Lipinski definition) is 2. The molecule has 0 aliphatic carbocycles. The quantitative estimate of drug-likeness (QED) is 0.673. The maximum atomic E-state index is 13.7. The lowest BCUT2D eigenvalue weighted by Gasteiger charge is -2.36. The largest absolute Gasteiger partial charge is 0.329 e. The fraction of sp³-hybridized carbons (Fsp3) is 0.263. The van der Waals surface area contributed by atoms with Crippen molar-refractivity contribution in [2.45, 2.75) is 6.04 Å². The van der Waals surface area contributed by atoms with Gasteiger partial charge in [-0.15, -0.1) is 0 Å². The minimum atomic E-state index is -0.595. The smallest absolute Gasteiger partial charge is 0.329 e. The van der Waals surface area contributed by atoms with Gasteiger partial charge in [0.2, 0.25) is 0 Å². The van der Waals surface area contributed by atoms with E-state index in [0.29, 0.717) is 25.2 Å². The Morgan fingerprint density at radius 1 is 1.29 bits per heavy atom. The van der Waals surface area contributed by atoms with Crippen LogP contribution < -0.4 is 16.6 Å². The average molecular weight is 383 g/mol. The predicted molar refractivity (Wildman–Crippen MR) is 101 cm³/mol. The normalized spacial score (nSPS) is 17.1. The number of aromatic nitrogens is 3. The average Bonchev–Trinajstić information content (AvgIpc) is 2.71. The molecular weight excluding hydrogens is 365 g/mol. The molecule has 1 aromatic carbocycles. The fourth-order valence-electron chi connectivity index (χ4n) is 3.48. The lowest BCUT2D eigenvalue weighted by Crippen LogP contribution is -2.48. The van der Waals surface area contributed by atoms with E-state index in [9.17, 15) is 18.8 Å². The van der Waals surface area contributed by atoms with Gasteiger partial charge in [-0.25, -0.2) is 14.2 Å². The molecule has 4 rings (SSSR count). The van der Waals surface area contributed by atoms with Gasteiger partial charge in [0.1, 0.15) is 11.5 Å². The SMILES string of the molecule is Cn1c(=O)[nH]c(=O)c2cc(C(=O)N3CCNCC3c3cccc(F)c3)cnc21. The molecule has 3 heterocycles. The maximum absolute atomic E-state index is 13.7. The molecule has 1 saturated heterocycles. The van der Waals surface area contributed by atoms with E-state index in [4.69, 9.17) is 0 Å².